The predicted octanol–water partition coefficient (Wildman–Crippen LogP) is 3.08. The number of hydrogen-bond acceptors (Lipinski definition) is 0. The molecule has 0 unspecified atom stereocenters. The average molecular weight is 170 g/mol. The van der Waals surface area contributed by atoms with Gasteiger partial charge in [0.25, 0.3) is 0 Å². The molecule has 4 atom stereocenters. The van der Waals surface area contributed by atoms with Gasteiger partial charge >= 0.3 is 0 Å². The zero-order valence-electron chi connectivity index (χ0n) is 7.96. The van der Waals surface area contributed by atoms with E-state index in [1.165, 1.54) is 12.8 Å². The van der Waals surface area contributed by atoms with E-state index in [-0.39, 0.29) is 0 Å². The summed E-state index contributed by atoms with van der Waals surface area (Å²) in [6.07, 6.45) is 2.93. The van der Waals surface area contributed by atoms with E-state index in [2.05, 4.69) is 31.2 Å². The fourth-order valence-corrected chi connectivity index (χ4v) is 4.28. The number of fused-ring (bicyclic) bond motifs is 4. The van der Waals surface area contributed by atoms with Crippen LogP contribution in [0.25, 0.3) is 0 Å². The molecule has 4 rings (SSSR count). The zero-order chi connectivity index (χ0) is 8.63. The maximum Gasteiger partial charge on any atom is -0.00353 e. The van der Waals surface area contributed by atoms with Crippen LogP contribution < -0.4 is 0 Å². The lowest BCUT2D eigenvalue weighted by Gasteiger charge is -2.23. The second kappa shape index (κ2) is 1.70. The van der Waals surface area contributed by atoms with Crippen molar-refractivity contribution >= 4 is 0 Å². The minimum atomic E-state index is 0.575. The number of benzene rings is 1. The first-order valence-electron chi connectivity index (χ1n) is 5.42. The minimum Gasteiger partial charge on any atom is -0.0620 e. The van der Waals surface area contributed by atoms with Crippen molar-refractivity contribution in [3.05, 3.63) is 35.4 Å². The van der Waals surface area contributed by atoms with E-state index >= 15 is 0 Å². The molecular weight excluding hydrogens is 156 g/mol. The normalized spacial score (nSPS) is 48.8. The molecule has 0 aromatic heterocycles. The molecule has 1 aromatic rings. The van der Waals surface area contributed by atoms with E-state index in [0.717, 1.165) is 17.8 Å². The molecule has 0 nitrogen and oxygen atoms in total. The predicted molar refractivity (Wildman–Crippen MR) is 52.7 cm³/mol. The fourth-order valence-electron chi connectivity index (χ4n) is 4.28. The molecular formula is C13H14. The molecule has 0 heterocycles. The fraction of sp³-hybridized carbons (Fsp3) is 0.538. The van der Waals surface area contributed by atoms with E-state index < -0.39 is 0 Å². The third-order valence-electron chi connectivity index (χ3n) is 4.84. The van der Waals surface area contributed by atoms with Gasteiger partial charge in [-0.1, -0.05) is 31.2 Å². The molecule has 2 fully saturated rings. The Labute approximate surface area is 79.0 Å². The summed E-state index contributed by atoms with van der Waals surface area (Å²) in [4.78, 5) is 0. The number of rotatable bonds is 0. The molecule has 3 aliphatic carbocycles. The highest BCUT2D eigenvalue weighted by atomic mass is 14.7. The molecule has 13 heavy (non-hydrogen) atoms. The number of hydrogen-bond donors (Lipinski definition) is 0. The molecule has 0 spiro atoms. The Morgan fingerprint density at radius 2 is 2.15 bits per heavy atom. The Balaban J connectivity index is 2.05. The van der Waals surface area contributed by atoms with Gasteiger partial charge in [-0.25, -0.2) is 0 Å². The lowest BCUT2D eigenvalue weighted by Crippen LogP contribution is -2.18. The maximum atomic E-state index is 2.49. The van der Waals surface area contributed by atoms with Crippen molar-refractivity contribution in [1.29, 1.82) is 0 Å². The molecule has 66 valence electrons. The van der Waals surface area contributed by atoms with Crippen molar-refractivity contribution in [2.75, 3.05) is 0 Å². The van der Waals surface area contributed by atoms with Crippen LogP contribution in [0.5, 0.6) is 0 Å². The van der Waals surface area contributed by atoms with Crippen LogP contribution in [0, 0.1) is 11.8 Å². The minimum absolute atomic E-state index is 0.575. The SMILES string of the molecule is C[C@]12CC[C@@H]3[C@@H](c4ccccc41)[C@H]32. The van der Waals surface area contributed by atoms with Gasteiger partial charge in [-0.05, 0) is 47.1 Å². The van der Waals surface area contributed by atoms with Crippen molar-refractivity contribution < 1.29 is 0 Å². The first kappa shape index (κ1) is 6.64. The Kier molecular flexibility index (Phi) is 0.871. The highest BCUT2D eigenvalue weighted by Crippen LogP contribution is 2.76. The molecule has 2 saturated carbocycles. The average Bonchev–Trinajstić information content (AvgIpc) is 2.74. The van der Waals surface area contributed by atoms with Crippen LogP contribution >= 0.6 is 0 Å². The molecule has 0 heteroatoms. The third-order valence-corrected chi connectivity index (χ3v) is 4.84. The van der Waals surface area contributed by atoms with Gasteiger partial charge in [0.2, 0.25) is 0 Å². The molecule has 0 bridgehead atoms. The van der Waals surface area contributed by atoms with Crippen molar-refractivity contribution in [3.63, 3.8) is 0 Å². The summed E-state index contributed by atoms with van der Waals surface area (Å²) >= 11 is 0. The molecule has 0 N–H and O–H groups in total. The van der Waals surface area contributed by atoms with Gasteiger partial charge in [0.05, 0.1) is 0 Å². The lowest BCUT2D eigenvalue weighted by atomic mass is 9.81. The van der Waals surface area contributed by atoms with Crippen LogP contribution in [0.2, 0.25) is 0 Å². The smallest absolute Gasteiger partial charge is 0.00353 e. The zero-order valence-corrected chi connectivity index (χ0v) is 7.96. The monoisotopic (exact) mass is 170 g/mol. The molecule has 0 saturated heterocycles. The van der Waals surface area contributed by atoms with Crippen molar-refractivity contribution in [2.45, 2.75) is 31.1 Å². The van der Waals surface area contributed by atoms with Crippen LogP contribution in [0.4, 0.5) is 0 Å². The Morgan fingerprint density at radius 1 is 1.31 bits per heavy atom. The Hall–Kier alpha value is -0.780. The van der Waals surface area contributed by atoms with Gasteiger partial charge in [0.15, 0.2) is 0 Å². The summed E-state index contributed by atoms with van der Waals surface area (Å²) in [6, 6.07) is 9.15. The Bertz CT molecular complexity index is 393. The summed E-state index contributed by atoms with van der Waals surface area (Å²) in [5.74, 6) is 3.07. The summed E-state index contributed by atoms with van der Waals surface area (Å²) in [6.45, 7) is 2.49. The van der Waals surface area contributed by atoms with Crippen molar-refractivity contribution in [1.82, 2.24) is 0 Å². The van der Waals surface area contributed by atoms with Crippen LogP contribution in [0.3, 0.4) is 0 Å². The van der Waals surface area contributed by atoms with Crippen LogP contribution in [0.1, 0.15) is 36.8 Å². The highest BCUT2D eigenvalue weighted by Gasteiger charge is 2.69. The summed E-state index contributed by atoms with van der Waals surface area (Å²) in [5, 5.41) is 0. The molecule has 0 aliphatic heterocycles. The van der Waals surface area contributed by atoms with E-state index in [1.807, 2.05) is 0 Å². The van der Waals surface area contributed by atoms with E-state index in [1.54, 1.807) is 11.1 Å². The lowest BCUT2D eigenvalue weighted by molar-refractivity contribution is 0.443. The highest BCUT2D eigenvalue weighted by molar-refractivity contribution is 5.52. The van der Waals surface area contributed by atoms with Gasteiger partial charge in [0.1, 0.15) is 0 Å². The van der Waals surface area contributed by atoms with Gasteiger partial charge < -0.3 is 0 Å². The van der Waals surface area contributed by atoms with Crippen LogP contribution in [0.15, 0.2) is 24.3 Å². The maximum absolute atomic E-state index is 2.49. The van der Waals surface area contributed by atoms with Gasteiger partial charge in [-0.15, -0.1) is 0 Å². The standard InChI is InChI=1S/C13H14/c1-13-7-6-9-11(12(9)13)8-4-2-3-5-10(8)13/h2-5,9,11-12H,6-7H2,1H3/t9-,11-,12+,13+/m1/s1. The van der Waals surface area contributed by atoms with Gasteiger partial charge in [-0.3, -0.25) is 0 Å². The quantitative estimate of drug-likeness (QED) is 0.561. The molecule has 1 aromatic carbocycles. The Morgan fingerprint density at radius 3 is 3.08 bits per heavy atom. The summed E-state index contributed by atoms with van der Waals surface area (Å²) in [5.41, 5.74) is 3.95. The van der Waals surface area contributed by atoms with Crippen molar-refractivity contribution in [2.24, 2.45) is 11.8 Å². The van der Waals surface area contributed by atoms with Gasteiger partial charge in [0, 0.05) is 0 Å². The molecule has 0 amide bonds. The van der Waals surface area contributed by atoms with Crippen LogP contribution in [-0.4, -0.2) is 0 Å². The third kappa shape index (κ3) is 0.535. The first-order chi connectivity index (χ1) is 6.32. The first-order valence-corrected chi connectivity index (χ1v) is 5.42. The van der Waals surface area contributed by atoms with Crippen molar-refractivity contribution in [3.8, 4) is 0 Å². The van der Waals surface area contributed by atoms with E-state index in [9.17, 15) is 0 Å². The second-order valence-corrected chi connectivity index (χ2v) is 5.26. The summed E-state index contributed by atoms with van der Waals surface area (Å²) in [7, 11) is 0. The van der Waals surface area contributed by atoms with Gasteiger partial charge in [-0.2, -0.15) is 0 Å². The van der Waals surface area contributed by atoms with E-state index in [4.69, 9.17) is 0 Å². The van der Waals surface area contributed by atoms with Crippen LogP contribution in [-0.2, 0) is 5.41 Å². The largest absolute Gasteiger partial charge is 0.0620 e. The molecule has 0 radical (unpaired) electrons. The molecule has 3 aliphatic rings. The second-order valence-electron chi connectivity index (χ2n) is 5.26. The summed E-state index contributed by atoms with van der Waals surface area (Å²) < 4.78 is 0. The topological polar surface area (TPSA) is 0 Å². The van der Waals surface area contributed by atoms with E-state index in [0.29, 0.717) is 5.41 Å².